The third-order valence-electron chi connectivity index (χ3n) is 5.59. The Morgan fingerprint density at radius 2 is 1.91 bits per heavy atom. The van der Waals surface area contributed by atoms with Gasteiger partial charge < -0.3 is 10.2 Å². The van der Waals surface area contributed by atoms with Gasteiger partial charge in [-0.05, 0) is 49.8 Å². The van der Waals surface area contributed by atoms with Gasteiger partial charge in [0.15, 0.2) is 0 Å². The number of carbonyl (C=O) groups excluding carboxylic acids is 2. The lowest BCUT2D eigenvalue weighted by Crippen LogP contribution is -2.52. The summed E-state index contributed by atoms with van der Waals surface area (Å²) in [6.45, 7) is 3.56. The average molecular weight is 488 g/mol. The molecule has 10 heteroatoms. The molecule has 32 heavy (non-hydrogen) atoms. The van der Waals surface area contributed by atoms with Crippen LogP contribution in [0.3, 0.4) is 0 Å². The number of sulfonamides is 1. The van der Waals surface area contributed by atoms with Crippen LogP contribution in [0, 0.1) is 11.7 Å². The molecule has 0 spiro atoms. The first-order valence-corrected chi connectivity index (χ1v) is 14.0. The molecule has 0 aliphatic carbocycles. The molecule has 0 radical (unpaired) electrons. The standard InChI is InChI=1S/C22H34FN3O4S2/c1-3-4-7-13-24-21(27)17-10-14-26(15-11-17)22(28)19(12-16-31-2)25-32(29,30)20-9-6-5-8-18(20)23/h5-6,8-9,17,19,25H,3-4,7,10-16H2,1-2H3,(H,24,27). The van der Waals surface area contributed by atoms with Crippen LogP contribution in [0.4, 0.5) is 4.39 Å². The van der Waals surface area contributed by atoms with Gasteiger partial charge in [0.2, 0.25) is 21.8 Å². The van der Waals surface area contributed by atoms with Gasteiger partial charge in [0.25, 0.3) is 0 Å². The highest BCUT2D eigenvalue weighted by molar-refractivity contribution is 7.98. The van der Waals surface area contributed by atoms with Crippen LogP contribution < -0.4 is 10.0 Å². The summed E-state index contributed by atoms with van der Waals surface area (Å²) >= 11 is 1.50. The van der Waals surface area contributed by atoms with Gasteiger partial charge in [0, 0.05) is 25.6 Å². The molecule has 1 aliphatic heterocycles. The van der Waals surface area contributed by atoms with E-state index >= 15 is 0 Å². The number of amides is 2. The summed E-state index contributed by atoms with van der Waals surface area (Å²) in [6.07, 6.45) is 6.38. The van der Waals surface area contributed by atoms with Crippen LogP contribution in [-0.2, 0) is 19.6 Å². The number of halogens is 1. The van der Waals surface area contributed by atoms with Crippen molar-refractivity contribution in [2.45, 2.75) is 56.4 Å². The normalized spacial score (nSPS) is 16.0. The van der Waals surface area contributed by atoms with E-state index < -0.39 is 26.8 Å². The van der Waals surface area contributed by atoms with Crippen LogP contribution in [0.1, 0.15) is 45.4 Å². The second kappa shape index (κ2) is 13.2. The van der Waals surface area contributed by atoms with E-state index in [4.69, 9.17) is 0 Å². The summed E-state index contributed by atoms with van der Waals surface area (Å²) in [6, 6.07) is 4.12. The fourth-order valence-electron chi connectivity index (χ4n) is 3.70. The average Bonchev–Trinajstić information content (AvgIpc) is 2.79. The smallest absolute Gasteiger partial charge is 0.244 e. The van der Waals surface area contributed by atoms with Crippen molar-refractivity contribution in [3.8, 4) is 0 Å². The zero-order valence-electron chi connectivity index (χ0n) is 18.8. The number of carbonyl (C=O) groups is 2. The van der Waals surface area contributed by atoms with Crippen LogP contribution in [0.5, 0.6) is 0 Å². The van der Waals surface area contributed by atoms with E-state index in [0.717, 1.165) is 25.3 Å². The molecule has 1 saturated heterocycles. The second-order valence-corrected chi connectivity index (χ2v) is 10.7. The highest BCUT2D eigenvalue weighted by Gasteiger charge is 2.33. The number of unbranched alkanes of at least 4 members (excludes halogenated alkanes) is 2. The van der Waals surface area contributed by atoms with Crippen LogP contribution in [0.2, 0.25) is 0 Å². The summed E-state index contributed by atoms with van der Waals surface area (Å²) in [5.41, 5.74) is 0. The highest BCUT2D eigenvalue weighted by Crippen LogP contribution is 2.20. The van der Waals surface area contributed by atoms with Crippen LogP contribution in [0.15, 0.2) is 29.2 Å². The monoisotopic (exact) mass is 487 g/mol. The minimum atomic E-state index is -4.19. The molecule has 2 rings (SSSR count). The second-order valence-electron chi connectivity index (χ2n) is 7.98. The zero-order chi connectivity index (χ0) is 23.6. The summed E-state index contributed by atoms with van der Waals surface area (Å²) in [7, 11) is -4.19. The summed E-state index contributed by atoms with van der Waals surface area (Å²) < 4.78 is 41.9. The molecule has 1 aromatic carbocycles. The Kier molecular flexibility index (Phi) is 10.9. The number of nitrogens with one attached hydrogen (secondary N) is 2. The number of hydrogen-bond acceptors (Lipinski definition) is 5. The van der Waals surface area contributed by atoms with E-state index in [0.29, 0.717) is 44.6 Å². The fourth-order valence-corrected chi connectivity index (χ4v) is 5.47. The SMILES string of the molecule is CCCCCNC(=O)C1CCN(C(=O)C(CCSC)NS(=O)(=O)c2ccccc2F)CC1. The van der Waals surface area contributed by atoms with E-state index in [1.54, 1.807) is 4.90 Å². The van der Waals surface area contributed by atoms with E-state index in [2.05, 4.69) is 17.0 Å². The molecular weight excluding hydrogens is 453 g/mol. The molecule has 1 unspecified atom stereocenters. The molecule has 0 bridgehead atoms. The Morgan fingerprint density at radius 3 is 2.53 bits per heavy atom. The Labute approximate surface area is 194 Å². The fraction of sp³-hybridized carbons (Fsp3) is 0.636. The molecule has 1 atom stereocenters. The van der Waals surface area contributed by atoms with E-state index in [1.165, 1.54) is 30.0 Å². The maximum absolute atomic E-state index is 14.0. The first-order chi connectivity index (χ1) is 15.3. The number of benzene rings is 1. The molecule has 2 N–H and O–H groups in total. The van der Waals surface area contributed by atoms with Gasteiger partial charge in [-0.3, -0.25) is 9.59 Å². The lowest BCUT2D eigenvalue weighted by atomic mass is 9.95. The lowest BCUT2D eigenvalue weighted by molar-refractivity contribution is -0.137. The van der Waals surface area contributed by atoms with Crippen molar-refractivity contribution in [3.63, 3.8) is 0 Å². The molecule has 1 fully saturated rings. The van der Waals surface area contributed by atoms with Crippen molar-refractivity contribution >= 4 is 33.6 Å². The summed E-state index contributed by atoms with van der Waals surface area (Å²) in [5, 5.41) is 2.96. The quantitative estimate of drug-likeness (QED) is 0.442. The van der Waals surface area contributed by atoms with Gasteiger partial charge in [-0.15, -0.1) is 0 Å². The maximum atomic E-state index is 14.0. The number of hydrogen-bond donors (Lipinski definition) is 2. The molecule has 1 aromatic rings. The van der Waals surface area contributed by atoms with Gasteiger partial charge in [-0.25, -0.2) is 12.8 Å². The zero-order valence-corrected chi connectivity index (χ0v) is 20.4. The lowest BCUT2D eigenvalue weighted by Gasteiger charge is -2.34. The van der Waals surface area contributed by atoms with Gasteiger partial charge in [0.1, 0.15) is 16.8 Å². The Balaban J connectivity index is 1.98. The molecule has 1 aliphatic rings. The minimum absolute atomic E-state index is 0.0207. The number of nitrogens with zero attached hydrogens (tertiary/aromatic N) is 1. The molecule has 0 saturated carbocycles. The number of rotatable bonds is 12. The van der Waals surface area contributed by atoms with Crippen LogP contribution >= 0.6 is 11.8 Å². The molecule has 0 aromatic heterocycles. The molecule has 180 valence electrons. The third kappa shape index (κ3) is 7.74. The molecule has 7 nitrogen and oxygen atoms in total. The largest absolute Gasteiger partial charge is 0.356 e. The minimum Gasteiger partial charge on any atom is -0.356 e. The van der Waals surface area contributed by atoms with Crippen molar-refractivity contribution in [1.82, 2.24) is 14.9 Å². The molecule has 1 heterocycles. The van der Waals surface area contributed by atoms with Crippen molar-refractivity contribution in [1.29, 1.82) is 0 Å². The first kappa shape index (κ1) is 26.6. The van der Waals surface area contributed by atoms with Crippen molar-refractivity contribution in [2.24, 2.45) is 5.92 Å². The Hall–Kier alpha value is -1.65. The number of piperidine rings is 1. The number of likely N-dealkylation sites (tertiary alicyclic amines) is 1. The van der Waals surface area contributed by atoms with Crippen molar-refractivity contribution < 1.29 is 22.4 Å². The third-order valence-corrected chi connectivity index (χ3v) is 7.74. The van der Waals surface area contributed by atoms with E-state index in [-0.39, 0.29) is 17.7 Å². The van der Waals surface area contributed by atoms with Gasteiger partial charge in [-0.2, -0.15) is 16.5 Å². The maximum Gasteiger partial charge on any atom is 0.244 e. The summed E-state index contributed by atoms with van der Waals surface area (Å²) in [5.74, 6) is -0.734. The van der Waals surface area contributed by atoms with Gasteiger partial charge >= 0.3 is 0 Å². The van der Waals surface area contributed by atoms with Crippen LogP contribution in [0.25, 0.3) is 0 Å². The van der Waals surface area contributed by atoms with E-state index in [1.807, 2.05) is 6.26 Å². The molecular formula is C22H34FN3O4S2. The Bertz CT molecular complexity index is 858. The number of thioether (sulfide) groups is 1. The first-order valence-electron chi connectivity index (χ1n) is 11.1. The van der Waals surface area contributed by atoms with E-state index in [9.17, 15) is 22.4 Å². The van der Waals surface area contributed by atoms with Gasteiger partial charge in [0.05, 0.1) is 0 Å². The highest BCUT2D eigenvalue weighted by atomic mass is 32.2. The predicted octanol–water partition coefficient (Wildman–Crippen LogP) is 2.77. The van der Waals surface area contributed by atoms with Gasteiger partial charge in [-0.1, -0.05) is 31.9 Å². The van der Waals surface area contributed by atoms with Crippen molar-refractivity contribution in [3.05, 3.63) is 30.1 Å². The summed E-state index contributed by atoms with van der Waals surface area (Å²) in [4.78, 5) is 26.6. The molecule has 2 amide bonds. The van der Waals surface area contributed by atoms with Crippen LogP contribution in [-0.4, -0.2) is 62.8 Å². The topological polar surface area (TPSA) is 95.6 Å². The predicted molar refractivity (Wildman–Crippen MR) is 125 cm³/mol. The van der Waals surface area contributed by atoms with Crippen molar-refractivity contribution in [2.75, 3.05) is 31.6 Å². The Morgan fingerprint density at radius 1 is 1.22 bits per heavy atom.